The van der Waals surface area contributed by atoms with Crippen molar-refractivity contribution in [2.24, 2.45) is 17.6 Å². The molecule has 32 heavy (non-hydrogen) atoms. The van der Waals surface area contributed by atoms with Crippen molar-refractivity contribution in [1.29, 1.82) is 0 Å². The minimum atomic E-state index is -0.873. The molecule has 3 heterocycles. The Morgan fingerprint density at radius 2 is 1.44 bits per heavy atom. The molecule has 4 bridgehead atoms. The van der Waals surface area contributed by atoms with Crippen LogP contribution in [0.15, 0.2) is 30.5 Å². The number of ketones is 1. The van der Waals surface area contributed by atoms with Gasteiger partial charge in [0, 0.05) is 41.3 Å². The van der Waals surface area contributed by atoms with E-state index in [1.54, 1.807) is 0 Å². The molecule has 1 amide bonds. The Bertz CT molecular complexity index is 1020. The summed E-state index contributed by atoms with van der Waals surface area (Å²) in [7, 11) is 0. The van der Waals surface area contributed by atoms with E-state index in [1.165, 1.54) is 57.8 Å². The van der Waals surface area contributed by atoms with Crippen LogP contribution < -0.4 is 5.73 Å². The number of piperidine rings is 2. The molecule has 5 heteroatoms. The van der Waals surface area contributed by atoms with Crippen LogP contribution in [-0.2, 0) is 4.79 Å². The zero-order chi connectivity index (χ0) is 21.8. The number of hydrogen-bond acceptors (Lipinski definition) is 3. The summed E-state index contributed by atoms with van der Waals surface area (Å²) in [6.45, 7) is 0. The number of carbonyl (C=O) groups is 2. The first kappa shape index (κ1) is 20.5. The second-order valence-electron chi connectivity index (χ2n) is 11.0. The second-order valence-corrected chi connectivity index (χ2v) is 11.0. The molecular formula is C27H35N3O2. The van der Waals surface area contributed by atoms with Crippen molar-refractivity contribution >= 4 is 22.6 Å². The summed E-state index contributed by atoms with van der Waals surface area (Å²) in [6, 6.07) is 10.4. The van der Waals surface area contributed by atoms with Gasteiger partial charge in [-0.2, -0.15) is 0 Å². The third-order valence-electron chi connectivity index (χ3n) is 9.13. The Labute approximate surface area is 190 Å². The molecule has 5 atom stereocenters. The van der Waals surface area contributed by atoms with Crippen LogP contribution >= 0.6 is 0 Å². The molecule has 2 saturated carbocycles. The van der Waals surface area contributed by atoms with Crippen LogP contribution in [0, 0.1) is 11.8 Å². The molecule has 2 aromatic rings. The summed E-state index contributed by atoms with van der Waals surface area (Å²) in [5, 5.41) is 0.851. The minimum absolute atomic E-state index is 0.379. The van der Waals surface area contributed by atoms with Crippen LogP contribution in [-0.4, -0.2) is 39.3 Å². The van der Waals surface area contributed by atoms with E-state index in [4.69, 9.17) is 5.73 Å². The fourth-order valence-corrected chi connectivity index (χ4v) is 7.97. The van der Waals surface area contributed by atoms with Gasteiger partial charge in [-0.25, -0.2) is 0 Å². The number of benzene rings is 1. The smallest absolute Gasteiger partial charge is 0.289 e. The molecule has 6 rings (SSSR count). The Kier molecular flexibility index (Phi) is 5.13. The molecule has 5 nitrogen and oxygen atoms in total. The highest BCUT2D eigenvalue weighted by Crippen LogP contribution is 2.48. The molecule has 0 spiro atoms. The van der Waals surface area contributed by atoms with Gasteiger partial charge in [-0.1, -0.05) is 43.9 Å². The third kappa shape index (κ3) is 3.40. The van der Waals surface area contributed by atoms with Gasteiger partial charge in [-0.05, 0) is 62.8 Å². The zero-order valence-electron chi connectivity index (χ0n) is 18.9. The number of nitrogens with zero attached hydrogens (tertiary/aromatic N) is 2. The van der Waals surface area contributed by atoms with Crippen LogP contribution in [0.2, 0.25) is 0 Å². The van der Waals surface area contributed by atoms with Crippen LogP contribution in [0.25, 0.3) is 10.9 Å². The average Bonchev–Trinajstić information content (AvgIpc) is 3.17. The molecule has 1 aromatic carbocycles. The molecule has 2 saturated heterocycles. The lowest BCUT2D eigenvalue weighted by atomic mass is 9.68. The molecule has 2 aliphatic heterocycles. The number of Topliss-reactive ketones (excluding diaryl/α,β-unsaturated/α-hetero) is 1. The standard InChI is InChI=1S/C27H35N3O2/c28-27(32)26(31)24-16-29(25-10-2-1-9-23(24)25)21-14-19-7-4-8-20(15-21)30(19)22-12-17-5-3-6-18(11-17)13-22/h1-2,9-10,16-22H,3-8,11-15H2,(H2,28,32)/t17-,18?,19?,20?,21?,22?/m0/s1. The molecule has 2 N–H and O–H groups in total. The number of para-hydroxylation sites is 1. The Hall–Kier alpha value is -2.14. The first-order chi connectivity index (χ1) is 15.6. The molecule has 170 valence electrons. The Morgan fingerprint density at radius 1 is 0.781 bits per heavy atom. The SMILES string of the molecule is NC(=O)C(=O)c1cn(C2CC3CCCC(C2)N3C2CC3CCC[C@@H](C3)C2)c2ccccc12. The number of hydrogen-bond donors (Lipinski definition) is 1. The van der Waals surface area contributed by atoms with Crippen molar-refractivity contribution in [3.8, 4) is 0 Å². The Morgan fingerprint density at radius 3 is 2.12 bits per heavy atom. The fraction of sp³-hybridized carbons (Fsp3) is 0.630. The van der Waals surface area contributed by atoms with Gasteiger partial charge in [0.2, 0.25) is 0 Å². The summed E-state index contributed by atoms with van der Waals surface area (Å²) < 4.78 is 2.30. The van der Waals surface area contributed by atoms with Crippen LogP contribution in [0.3, 0.4) is 0 Å². The van der Waals surface area contributed by atoms with E-state index in [-0.39, 0.29) is 0 Å². The lowest BCUT2D eigenvalue weighted by Gasteiger charge is -2.55. The quantitative estimate of drug-likeness (QED) is 0.554. The zero-order valence-corrected chi connectivity index (χ0v) is 18.9. The van der Waals surface area contributed by atoms with Gasteiger partial charge in [-0.3, -0.25) is 14.5 Å². The monoisotopic (exact) mass is 433 g/mol. The predicted octanol–water partition coefficient (Wildman–Crippen LogP) is 4.84. The van der Waals surface area contributed by atoms with Crippen molar-refractivity contribution in [3.63, 3.8) is 0 Å². The fourth-order valence-electron chi connectivity index (χ4n) is 7.97. The molecular weight excluding hydrogens is 398 g/mol. The van der Waals surface area contributed by atoms with Crippen molar-refractivity contribution in [2.45, 2.75) is 94.8 Å². The lowest BCUT2D eigenvalue weighted by molar-refractivity contribution is -0.114. The van der Waals surface area contributed by atoms with E-state index in [1.807, 2.05) is 24.4 Å². The van der Waals surface area contributed by atoms with E-state index < -0.39 is 11.7 Å². The molecule has 4 aliphatic rings. The van der Waals surface area contributed by atoms with Gasteiger partial charge in [-0.15, -0.1) is 0 Å². The van der Waals surface area contributed by atoms with Crippen LogP contribution in [0.5, 0.6) is 0 Å². The minimum Gasteiger partial charge on any atom is -0.363 e. The van der Waals surface area contributed by atoms with E-state index in [0.717, 1.165) is 41.6 Å². The number of nitrogens with two attached hydrogens (primary N) is 1. The second kappa shape index (κ2) is 8.02. The Balaban J connectivity index is 1.30. The maximum absolute atomic E-state index is 12.5. The van der Waals surface area contributed by atoms with Crippen LogP contribution in [0.4, 0.5) is 0 Å². The number of carbonyl (C=O) groups excluding carboxylic acids is 2. The normalized spacial score (nSPS) is 35.0. The highest BCUT2D eigenvalue weighted by atomic mass is 16.2. The van der Waals surface area contributed by atoms with Gasteiger partial charge >= 0.3 is 0 Å². The van der Waals surface area contributed by atoms with Gasteiger partial charge < -0.3 is 10.3 Å². The van der Waals surface area contributed by atoms with Crippen molar-refractivity contribution in [3.05, 3.63) is 36.0 Å². The van der Waals surface area contributed by atoms with Gasteiger partial charge in [0.15, 0.2) is 0 Å². The molecule has 4 fully saturated rings. The summed E-state index contributed by atoms with van der Waals surface area (Å²) in [4.78, 5) is 27.1. The van der Waals surface area contributed by atoms with Crippen molar-refractivity contribution in [1.82, 2.24) is 9.47 Å². The highest BCUT2D eigenvalue weighted by molar-refractivity contribution is 6.44. The summed E-state index contributed by atoms with van der Waals surface area (Å²) in [5.41, 5.74) is 6.87. The summed E-state index contributed by atoms with van der Waals surface area (Å²) in [5.74, 6) is 0.470. The topological polar surface area (TPSA) is 68.3 Å². The average molecular weight is 434 g/mol. The number of aromatic nitrogens is 1. The number of fused-ring (bicyclic) bond motifs is 5. The van der Waals surface area contributed by atoms with E-state index in [0.29, 0.717) is 23.7 Å². The number of primary amides is 1. The van der Waals surface area contributed by atoms with Crippen LogP contribution in [0.1, 0.15) is 87.0 Å². The van der Waals surface area contributed by atoms with Gasteiger partial charge in [0.25, 0.3) is 11.7 Å². The first-order valence-corrected chi connectivity index (χ1v) is 12.8. The predicted molar refractivity (Wildman–Crippen MR) is 125 cm³/mol. The van der Waals surface area contributed by atoms with E-state index in [2.05, 4.69) is 15.5 Å². The first-order valence-electron chi connectivity index (χ1n) is 12.8. The van der Waals surface area contributed by atoms with Crippen molar-refractivity contribution < 1.29 is 9.59 Å². The summed E-state index contributed by atoms with van der Waals surface area (Å²) >= 11 is 0. The van der Waals surface area contributed by atoms with E-state index in [9.17, 15) is 9.59 Å². The van der Waals surface area contributed by atoms with E-state index >= 15 is 0 Å². The number of amides is 1. The third-order valence-corrected chi connectivity index (χ3v) is 9.13. The molecule has 4 unspecified atom stereocenters. The lowest BCUT2D eigenvalue weighted by Crippen LogP contribution is -2.58. The highest BCUT2D eigenvalue weighted by Gasteiger charge is 2.45. The maximum atomic E-state index is 12.5. The molecule has 0 radical (unpaired) electrons. The van der Waals surface area contributed by atoms with Gasteiger partial charge in [0.1, 0.15) is 0 Å². The molecule has 2 aliphatic carbocycles. The van der Waals surface area contributed by atoms with Gasteiger partial charge in [0.05, 0.1) is 5.56 Å². The van der Waals surface area contributed by atoms with Crippen molar-refractivity contribution in [2.75, 3.05) is 0 Å². The molecule has 1 aromatic heterocycles. The maximum Gasteiger partial charge on any atom is 0.289 e. The largest absolute Gasteiger partial charge is 0.363 e. The summed E-state index contributed by atoms with van der Waals surface area (Å²) in [6.07, 6.45) is 16.8. The number of rotatable bonds is 4.